The van der Waals surface area contributed by atoms with Crippen LogP contribution in [0.15, 0.2) is 72.9 Å². The Bertz CT molecular complexity index is 1050. The summed E-state index contributed by atoms with van der Waals surface area (Å²) in [5, 5.41) is 0. The maximum Gasteiger partial charge on any atom is 0.306 e. The van der Waals surface area contributed by atoms with Crippen LogP contribution in [0.2, 0.25) is 0 Å². The lowest BCUT2D eigenvalue weighted by Gasteiger charge is -2.18. The van der Waals surface area contributed by atoms with Crippen molar-refractivity contribution < 1.29 is 23.8 Å². The first kappa shape index (κ1) is 55.3. The van der Waals surface area contributed by atoms with Gasteiger partial charge in [0, 0.05) is 19.4 Å². The standard InChI is InChI=1S/C53H92O5/c1-4-7-10-13-16-19-22-25-26-27-28-30-31-34-37-40-43-46-52(54)57-50-51(49-56-48-45-42-39-36-33-24-21-18-15-12-9-6-3)58-53(55)47-44-41-38-35-32-29-23-20-17-14-11-8-5-2/h7,10,15-16,18-19,25-26,28,30,34,37,51H,4-6,8-9,11-14,17,20-24,27,29,31-33,35-36,38-50H2,1-3H3/b10-7-,18-15-,19-16-,26-25-,30-28-,37-34-. The Balaban J connectivity index is 4.35. The molecule has 0 aliphatic heterocycles. The zero-order chi connectivity index (χ0) is 42.1. The van der Waals surface area contributed by atoms with Crippen molar-refractivity contribution in [3.05, 3.63) is 72.9 Å². The van der Waals surface area contributed by atoms with Crippen LogP contribution in [0.1, 0.15) is 226 Å². The van der Waals surface area contributed by atoms with Gasteiger partial charge in [0.1, 0.15) is 6.61 Å². The number of unbranched alkanes of at least 4 members (excludes halogenated alkanes) is 21. The van der Waals surface area contributed by atoms with E-state index in [0.717, 1.165) is 70.6 Å². The molecule has 0 aromatic rings. The molecular formula is C53H92O5. The third kappa shape index (κ3) is 46.0. The molecule has 0 aromatic carbocycles. The molecular weight excluding hydrogens is 717 g/mol. The highest BCUT2D eigenvalue weighted by Crippen LogP contribution is 2.14. The van der Waals surface area contributed by atoms with Gasteiger partial charge in [0.25, 0.3) is 0 Å². The van der Waals surface area contributed by atoms with Crippen LogP contribution in [0.3, 0.4) is 0 Å². The summed E-state index contributed by atoms with van der Waals surface area (Å²) >= 11 is 0. The smallest absolute Gasteiger partial charge is 0.306 e. The van der Waals surface area contributed by atoms with Gasteiger partial charge in [-0.2, -0.15) is 0 Å². The number of rotatable bonds is 44. The summed E-state index contributed by atoms with van der Waals surface area (Å²) < 4.78 is 17.3. The lowest BCUT2D eigenvalue weighted by molar-refractivity contribution is -0.163. The predicted octanol–water partition coefficient (Wildman–Crippen LogP) is 16.3. The second-order valence-electron chi connectivity index (χ2n) is 16.0. The number of carbonyl (C=O) groups is 2. The number of allylic oxidation sites excluding steroid dienone is 12. The number of hydrogen-bond acceptors (Lipinski definition) is 5. The summed E-state index contributed by atoms with van der Waals surface area (Å²) in [4.78, 5) is 25.3. The molecule has 0 bridgehead atoms. The van der Waals surface area contributed by atoms with Crippen molar-refractivity contribution in [2.75, 3.05) is 19.8 Å². The van der Waals surface area contributed by atoms with Crippen molar-refractivity contribution in [3.63, 3.8) is 0 Å². The summed E-state index contributed by atoms with van der Waals surface area (Å²) in [5.74, 6) is -0.465. The summed E-state index contributed by atoms with van der Waals surface area (Å²) in [6.07, 6.45) is 61.9. The van der Waals surface area contributed by atoms with Crippen LogP contribution in [0.5, 0.6) is 0 Å². The summed E-state index contributed by atoms with van der Waals surface area (Å²) in [5.41, 5.74) is 0. The first-order valence-electron chi connectivity index (χ1n) is 24.5. The fourth-order valence-corrected chi connectivity index (χ4v) is 6.58. The van der Waals surface area contributed by atoms with Crippen molar-refractivity contribution in [3.8, 4) is 0 Å². The highest BCUT2D eigenvalue weighted by molar-refractivity contribution is 5.70. The Kier molecular flexibility index (Phi) is 46.5. The van der Waals surface area contributed by atoms with Gasteiger partial charge >= 0.3 is 11.9 Å². The molecule has 0 saturated heterocycles. The number of esters is 2. The molecule has 0 aliphatic carbocycles. The maximum atomic E-state index is 12.8. The number of hydrogen-bond donors (Lipinski definition) is 0. The topological polar surface area (TPSA) is 61.8 Å². The molecule has 0 fully saturated rings. The lowest BCUT2D eigenvalue weighted by Crippen LogP contribution is -2.30. The molecule has 0 N–H and O–H groups in total. The van der Waals surface area contributed by atoms with Crippen LogP contribution in [0.25, 0.3) is 0 Å². The molecule has 0 rings (SSSR count). The monoisotopic (exact) mass is 809 g/mol. The van der Waals surface area contributed by atoms with Gasteiger partial charge in [-0.05, 0) is 77.0 Å². The summed E-state index contributed by atoms with van der Waals surface area (Å²) in [6.45, 7) is 7.62. The molecule has 1 unspecified atom stereocenters. The molecule has 0 amide bonds. The third-order valence-electron chi connectivity index (χ3n) is 10.2. The van der Waals surface area contributed by atoms with E-state index in [1.807, 2.05) is 0 Å². The fourth-order valence-electron chi connectivity index (χ4n) is 6.58. The molecule has 334 valence electrons. The van der Waals surface area contributed by atoms with Crippen LogP contribution in [-0.4, -0.2) is 37.9 Å². The SMILES string of the molecule is CC/C=C\C/C=C\C/C=C\C/C=C\C/C=C\CCCC(=O)OCC(COCCCCCCCC/C=C\CCCC)OC(=O)CCCCCCCCCCCCCCC. The van der Waals surface area contributed by atoms with Crippen molar-refractivity contribution in [2.45, 2.75) is 232 Å². The van der Waals surface area contributed by atoms with E-state index in [4.69, 9.17) is 14.2 Å². The maximum absolute atomic E-state index is 12.8. The van der Waals surface area contributed by atoms with E-state index < -0.39 is 6.10 Å². The van der Waals surface area contributed by atoms with Gasteiger partial charge < -0.3 is 14.2 Å². The van der Waals surface area contributed by atoms with Crippen LogP contribution < -0.4 is 0 Å². The second-order valence-corrected chi connectivity index (χ2v) is 16.0. The molecule has 0 radical (unpaired) electrons. The van der Waals surface area contributed by atoms with Crippen molar-refractivity contribution in [2.24, 2.45) is 0 Å². The van der Waals surface area contributed by atoms with E-state index in [1.54, 1.807) is 0 Å². The van der Waals surface area contributed by atoms with E-state index in [2.05, 4.69) is 93.7 Å². The largest absolute Gasteiger partial charge is 0.462 e. The molecule has 5 heteroatoms. The van der Waals surface area contributed by atoms with Gasteiger partial charge in [0.15, 0.2) is 6.10 Å². The van der Waals surface area contributed by atoms with Crippen LogP contribution >= 0.6 is 0 Å². The highest BCUT2D eigenvalue weighted by Gasteiger charge is 2.17. The minimum Gasteiger partial charge on any atom is -0.462 e. The van der Waals surface area contributed by atoms with Crippen molar-refractivity contribution in [1.29, 1.82) is 0 Å². The summed E-state index contributed by atoms with van der Waals surface area (Å²) in [6, 6.07) is 0. The molecule has 0 heterocycles. The first-order chi connectivity index (χ1) is 28.6. The Morgan fingerprint density at radius 1 is 0.397 bits per heavy atom. The van der Waals surface area contributed by atoms with Crippen LogP contribution in [0.4, 0.5) is 0 Å². The molecule has 58 heavy (non-hydrogen) atoms. The molecule has 1 atom stereocenters. The second kappa shape index (κ2) is 48.7. The Hall–Kier alpha value is -2.66. The number of carbonyl (C=O) groups excluding carboxylic acids is 2. The van der Waals surface area contributed by atoms with Gasteiger partial charge in [-0.15, -0.1) is 0 Å². The Labute approximate surface area is 359 Å². The average Bonchev–Trinajstić information content (AvgIpc) is 3.22. The minimum atomic E-state index is -0.560. The zero-order valence-corrected chi connectivity index (χ0v) is 38.3. The fraction of sp³-hybridized carbons (Fsp3) is 0.736. The molecule has 0 aliphatic rings. The van der Waals surface area contributed by atoms with Gasteiger partial charge in [0.2, 0.25) is 0 Å². The quantitative estimate of drug-likeness (QED) is 0.0348. The van der Waals surface area contributed by atoms with E-state index in [0.29, 0.717) is 19.4 Å². The first-order valence-corrected chi connectivity index (χ1v) is 24.5. The van der Waals surface area contributed by atoms with E-state index in [1.165, 1.54) is 122 Å². The average molecular weight is 809 g/mol. The minimum absolute atomic E-state index is 0.0533. The number of ether oxygens (including phenoxy) is 3. The Morgan fingerprint density at radius 3 is 1.36 bits per heavy atom. The highest BCUT2D eigenvalue weighted by atomic mass is 16.6. The Morgan fingerprint density at radius 2 is 0.810 bits per heavy atom. The summed E-state index contributed by atoms with van der Waals surface area (Å²) in [7, 11) is 0. The van der Waals surface area contributed by atoms with E-state index in [-0.39, 0.29) is 25.2 Å². The van der Waals surface area contributed by atoms with Crippen LogP contribution in [0, 0.1) is 0 Å². The normalized spacial score (nSPS) is 12.8. The lowest BCUT2D eigenvalue weighted by atomic mass is 10.0. The third-order valence-corrected chi connectivity index (χ3v) is 10.2. The molecule has 0 aromatic heterocycles. The zero-order valence-electron chi connectivity index (χ0n) is 38.3. The van der Waals surface area contributed by atoms with E-state index in [9.17, 15) is 9.59 Å². The van der Waals surface area contributed by atoms with Gasteiger partial charge in [-0.25, -0.2) is 0 Å². The molecule has 0 saturated carbocycles. The van der Waals surface area contributed by atoms with Gasteiger partial charge in [0.05, 0.1) is 6.61 Å². The predicted molar refractivity (Wildman–Crippen MR) is 251 cm³/mol. The van der Waals surface area contributed by atoms with Crippen LogP contribution in [-0.2, 0) is 23.8 Å². The van der Waals surface area contributed by atoms with E-state index >= 15 is 0 Å². The molecule has 0 spiro atoms. The van der Waals surface area contributed by atoms with Gasteiger partial charge in [-0.1, -0.05) is 209 Å². The molecule has 5 nitrogen and oxygen atoms in total. The van der Waals surface area contributed by atoms with Crippen molar-refractivity contribution >= 4 is 11.9 Å². The van der Waals surface area contributed by atoms with Gasteiger partial charge in [-0.3, -0.25) is 9.59 Å². The van der Waals surface area contributed by atoms with Crippen molar-refractivity contribution in [1.82, 2.24) is 0 Å².